The molecule has 0 saturated heterocycles. The molecule has 5 rings (SSSR count). The van der Waals surface area contributed by atoms with E-state index in [-0.39, 0.29) is 16.6 Å². The van der Waals surface area contributed by atoms with Crippen LogP contribution in [0.5, 0.6) is 5.75 Å². The number of anilines is 1. The second-order valence-electron chi connectivity index (χ2n) is 10.7. The first-order valence-electron chi connectivity index (χ1n) is 13.5. The zero-order chi connectivity index (χ0) is 29.3. The monoisotopic (exact) mass is 576 g/mol. The number of hydrogen-bond acceptors (Lipinski definition) is 6. The molecule has 41 heavy (non-hydrogen) atoms. The smallest absolute Gasteiger partial charge is 0.322 e. The minimum Gasteiger partial charge on any atom is -0.493 e. The van der Waals surface area contributed by atoms with Gasteiger partial charge in [-0.25, -0.2) is 8.42 Å². The molecule has 0 spiro atoms. The number of sulfonamides is 1. The average Bonchev–Trinajstić information content (AvgIpc) is 3.72. The van der Waals surface area contributed by atoms with Crippen LogP contribution in [0.25, 0.3) is 22.1 Å². The van der Waals surface area contributed by atoms with Crippen LogP contribution in [0, 0.1) is 18.8 Å². The standard InChI is InChI=1S/C31H32N2O7S/c1-18(2)28(31(35)36)33-41(37,38)24-15-11-22(12-16-24)21-9-13-23(14-10-21)32-30(34)29-19(3)27-25(39-17-20-7-8-20)5-4-6-26(27)40-29/h4-6,9-16,18,20,28,33H,7-8,17H2,1-3H3,(H,32,34)(H,35,36)/t28-/m0/s1. The van der Waals surface area contributed by atoms with Crippen LogP contribution in [0.3, 0.4) is 0 Å². The number of carbonyl (C=O) groups excluding carboxylic acids is 1. The van der Waals surface area contributed by atoms with E-state index in [9.17, 15) is 23.1 Å². The van der Waals surface area contributed by atoms with Crippen molar-refractivity contribution in [2.45, 2.75) is 44.6 Å². The Kier molecular flexibility index (Phi) is 7.88. The summed E-state index contributed by atoms with van der Waals surface area (Å²) in [4.78, 5) is 24.5. The molecule has 214 valence electrons. The van der Waals surface area contributed by atoms with E-state index in [2.05, 4.69) is 10.0 Å². The molecule has 3 aromatic carbocycles. The van der Waals surface area contributed by atoms with E-state index in [1.54, 1.807) is 38.1 Å². The molecule has 1 fully saturated rings. The quantitative estimate of drug-likeness (QED) is 0.204. The third-order valence-corrected chi connectivity index (χ3v) is 8.61. The van der Waals surface area contributed by atoms with Gasteiger partial charge in [-0.2, -0.15) is 4.72 Å². The molecule has 1 aliphatic rings. The van der Waals surface area contributed by atoms with Crippen molar-refractivity contribution in [3.8, 4) is 16.9 Å². The molecular formula is C31H32N2O7S. The van der Waals surface area contributed by atoms with Gasteiger partial charge >= 0.3 is 5.97 Å². The Hall–Kier alpha value is -4.15. The molecule has 0 unspecified atom stereocenters. The molecule has 1 amide bonds. The normalized spacial score (nSPS) is 14.2. The van der Waals surface area contributed by atoms with Crippen LogP contribution < -0.4 is 14.8 Å². The summed E-state index contributed by atoms with van der Waals surface area (Å²) < 4.78 is 39.5. The van der Waals surface area contributed by atoms with Crippen LogP contribution in [0.15, 0.2) is 76.0 Å². The molecule has 0 aliphatic heterocycles. The lowest BCUT2D eigenvalue weighted by atomic mass is 10.1. The maximum absolute atomic E-state index is 13.1. The summed E-state index contributed by atoms with van der Waals surface area (Å²) in [5.74, 6) is -0.477. The molecule has 3 N–H and O–H groups in total. The lowest BCUT2D eigenvalue weighted by molar-refractivity contribution is -0.140. The van der Waals surface area contributed by atoms with Crippen LogP contribution in [-0.2, 0) is 14.8 Å². The molecule has 1 heterocycles. The van der Waals surface area contributed by atoms with Gasteiger partial charge in [0.2, 0.25) is 10.0 Å². The van der Waals surface area contributed by atoms with E-state index < -0.39 is 28.0 Å². The van der Waals surface area contributed by atoms with E-state index in [0.29, 0.717) is 29.4 Å². The van der Waals surface area contributed by atoms with Gasteiger partial charge in [0.25, 0.3) is 5.91 Å². The second kappa shape index (κ2) is 11.4. The molecule has 0 radical (unpaired) electrons. The number of rotatable bonds is 11. The van der Waals surface area contributed by atoms with E-state index in [0.717, 1.165) is 22.3 Å². The van der Waals surface area contributed by atoms with Gasteiger partial charge < -0.3 is 19.6 Å². The summed E-state index contributed by atoms with van der Waals surface area (Å²) in [6.45, 7) is 5.78. The Labute approximate surface area is 238 Å². The van der Waals surface area contributed by atoms with E-state index in [1.165, 1.54) is 25.0 Å². The molecular weight excluding hydrogens is 544 g/mol. The lowest BCUT2D eigenvalue weighted by Crippen LogP contribution is -2.44. The first-order valence-corrected chi connectivity index (χ1v) is 14.9. The van der Waals surface area contributed by atoms with Crippen molar-refractivity contribution in [1.29, 1.82) is 0 Å². The molecule has 9 nitrogen and oxygen atoms in total. The Morgan fingerprint density at radius 3 is 2.22 bits per heavy atom. The molecule has 4 aromatic rings. The van der Waals surface area contributed by atoms with Crippen LogP contribution >= 0.6 is 0 Å². The first kappa shape index (κ1) is 28.4. The fraction of sp³-hybridized carbons (Fsp3) is 0.290. The number of carboxylic acids is 1. The number of ether oxygens (including phenoxy) is 1. The number of nitrogens with one attached hydrogen (secondary N) is 2. The second-order valence-corrected chi connectivity index (χ2v) is 12.4. The van der Waals surface area contributed by atoms with Gasteiger partial charge in [-0.15, -0.1) is 0 Å². The van der Waals surface area contributed by atoms with E-state index in [4.69, 9.17) is 9.15 Å². The number of carboxylic acid groups (broad SMARTS) is 1. The molecule has 10 heteroatoms. The SMILES string of the molecule is Cc1c(C(=O)Nc2ccc(-c3ccc(S(=O)(=O)N[C@H](C(=O)O)C(C)C)cc3)cc2)oc2cccc(OCC3CC3)c12. The van der Waals surface area contributed by atoms with Gasteiger partial charge in [0.15, 0.2) is 5.76 Å². The predicted molar refractivity (Wildman–Crippen MR) is 156 cm³/mol. The van der Waals surface area contributed by atoms with Gasteiger partial charge in [0, 0.05) is 11.3 Å². The van der Waals surface area contributed by atoms with Crippen molar-refractivity contribution in [3.05, 3.63) is 78.1 Å². The molecule has 1 atom stereocenters. The van der Waals surface area contributed by atoms with E-state index >= 15 is 0 Å². The highest BCUT2D eigenvalue weighted by molar-refractivity contribution is 7.89. The maximum atomic E-state index is 13.1. The zero-order valence-corrected chi connectivity index (χ0v) is 23.8. The highest BCUT2D eigenvalue weighted by Gasteiger charge is 2.28. The molecule has 1 aliphatic carbocycles. The Morgan fingerprint density at radius 1 is 1.00 bits per heavy atom. The third-order valence-electron chi connectivity index (χ3n) is 7.15. The van der Waals surface area contributed by atoms with Crippen molar-refractivity contribution >= 4 is 38.6 Å². The number of fused-ring (bicyclic) bond motifs is 1. The first-order chi connectivity index (χ1) is 19.5. The number of carbonyl (C=O) groups is 2. The molecule has 0 bridgehead atoms. The number of hydrogen-bond donors (Lipinski definition) is 3. The lowest BCUT2D eigenvalue weighted by Gasteiger charge is -2.18. The largest absolute Gasteiger partial charge is 0.493 e. The zero-order valence-electron chi connectivity index (χ0n) is 23.0. The van der Waals surface area contributed by atoms with Gasteiger partial charge in [0.1, 0.15) is 17.4 Å². The number of benzene rings is 3. The summed E-state index contributed by atoms with van der Waals surface area (Å²) in [7, 11) is -4.01. The number of aryl methyl sites for hydroxylation is 1. The minimum absolute atomic E-state index is 0.0284. The van der Waals surface area contributed by atoms with Crippen molar-refractivity contribution < 1.29 is 32.3 Å². The van der Waals surface area contributed by atoms with Crippen LogP contribution in [0.4, 0.5) is 5.69 Å². The van der Waals surface area contributed by atoms with Gasteiger partial charge in [-0.3, -0.25) is 9.59 Å². The Balaban J connectivity index is 1.27. The maximum Gasteiger partial charge on any atom is 0.322 e. The van der Waals surface area contributed by atoms with Crippen molar-refractivity contribution in [2.75, 3.05) is 11.9 Å². The highest BCUT2D eigenvalue weighted by Crippen LogP contribution is 2.36. The summed E-state index contributed by atoms with van der Waals surface area (Å²) in [6, 6.07) is 17.6. The van der Waals surface area contributed by atoms with Crippen molar-refractivity contribution in [1.82, 2.24) is 4.72 Å². The number of amides is 1. The Morgan fingerprint density at radius 2 is 1.63 bits per heavy atom. The van der Waals surface area contributed by atoms with Crippen LogP contribution in [0.1, 0.15) is 42.8 Å². The summed E-state index contributed by atoms with van der Waals surface area (Å²) in [5, 5.41) is 13.0. The van der Waals surface area contributed by atoms with Gasteiger partial charge in [-0.1, -0.05) is 44.2 Å². The summed E-state index contributed by atoms with van der Waals surface area (Å²) in [5.41, 5.74) is 3.45. The Bertz CT molecular complexity index is 1690. The summed E-state index contributed by atoms with van der Waals surface area (Å²) in [6.07, 6.45) is 2.37. The molecule has 1 aromatic heterocycles. The fourth-order valence-electron chi connectivity index (χ4n) is 4.56. The number of aliphatic carboxylic acids is 1. The number of furan rings is 1. The van der Waals surface area contributed by atoms with Crippen molar-refractivity contribution in [3.63, 3.8) is 0 Å². The molecule has 1 saturated carbocycles. The third kappa shape index (κ3) is 6.28. The van der Waals surface area contributed by atoms with E-state index in [1.807, 2.05) is 37.3 Å². The summed E-state index contributed by atoms with van der Waals surface area (Å²) >= 11 is 0. The van der Waals surface area contributed by atoms with Crippen LogP contribution in [0.2, 0.25) is 0 Å². The van der Waals surface area contributed by atoms with Crippen molar-refractivity contribution in [2.24, 2.45) is 11.8 Å². The van der Waals surface area contributed by atoms with Gasteiger partial charge in [-0.05, 0) is 79.1 Å². The highest BCUT2D eigenvalue weighted by atomic mass is 32.2. The van der Waals surface area contributed by atoms with Gasteiger partial charge in [0.05, 0.1) is 16.9 Å². The topological polar surface area (TPSA) is 135 Å². The average molecular weight is 577 g/mol. The fourth-order valence-corrected chi connectivity index (χ4v) is 5.90. The van der Waals surface area contributed by atoms with Crippen LogP contribution in [-0.4, -0.2) is 38.0 Å². The predicted octanol–water partition coefficient (Wildman–Crippen LogP) is 5.84. The minimum atomic E-state index is -4.01.